The zero-order valence-electron chi connectivity index (χ0n) is 14.2. The molecule has 0 fully saturated rings. The number of carbonyl (C=O) groups excluding carboxylic acids is 2. The fraction of sp³-hybridized carbons (Fsp3) is 0.300. The zero-order chi connectivity index (χ0) is 17.8. The van der Waals surface area contributed by atoms with E-state index in [2.05, 4.69) is 5.32 Å². The lowest BCUT2D eigenvalue weighted by molar-refractivity contribution is -0.128. The number of hydrogen-bond acceptors (Lipinski definition) is 2. The van der Waals surface area contributed by atoms with Crippen LogP contribution in [0.5, 0.6) is 0 Å². The van der Waals surface area contributed by atoms with Crippen molar-refractivity contribution < 1.29 is 14.0 Å². The molecule has 1 unspecified atom stereocenters. The van der Waals surface area contributed by atoms with E-state index in [1.54, 1.807) is 17.0 Å². The molecule has 0 bridgehead atoms. The maximum atomic E-state index is 12.9. The fourth-order valence-corrected chi connectivity index (χ4v) is 3.23. The molecule has 0 aliphatic carbocycles. The Morgan fingerprint density at radius 2 is 1.88 bits per heavy atom. The van der Waals surface area contributed by atoms with E-state index in [-0.39, 0.29) is 30.1 Å². The van der Waals surface area contributed by atoms with Gasteiger partial charge in [-0.15, -0.1) is 0 Å². The molecule has 1 heterocycles. The summed E-state index contributed by atoms with van der Waals surface area (Å²) in [5.41, 5.74) is 2.98. The predicted molar refractivity (Wildman–Crippen MR) is 94.8 cm³/mol. The second kappa shape index (κ2) is 7.47. The molecule has 4 nitrogen and oxygen atoms in total. The molecule has 130 valence electrons. The molecule has 0 saturated carbocycles. The minimum atomic E-state index is -0.288. The molecule has 1 atom stereocenters. The van der Waals surface area contributed by atoms with Gasteiger partial charge in [0.05, 0.1) is 0 Å². The lowest BCUT2D eigenvalue weighted by Crippen LogP contribution is -2.39. The molecule has 25 heavy (non-hydrogen) atoms. The van der Waals surface area contributed by atoms with E-state index < -0.39 is 0 Å². The first-order valence-electron chi connectivity index (χ1n) is 8.45. The van der Waals surface area contributed by atoms with Crippen molar-refractivity contribution in [2.45, 2.75) is 32.2 Å². The standard InChI is InChI=1S/C20H21FN2O2/c1-14-12-16-4-2-3-5-18(16)23(14)20(25)13-19(24)22-11-10-15-6-8-17(21)9-7-15/h2-9,14H,10-13H2,1H3,(H,22,24). The predicted octanol–water partition coefficient (Wildman–Crippen LogP) is 2.85. The molecule has 0 saturated heterocycles. The van der Waals surface area contributed by atoms with Gasteiger partial charge in [-0.1, -0.05) is 30.3 Å². The lowest BCUT2D eigenvalue weighted by atomic mass is 10.1. The van der Waals surface area contributed by atoms with Gasteiger partial charge in [-0.25, -0.2) is 4.39 Å². The molecule has 0 radical (unpaired) electrons. The van der Waals surface area contributed by atoms with E-state index in [9.17, 15) is 14.0 Å². The highest BCUT2D eigenvalue weighted by Crippen LogP contribution is 2.32. The van der Waals surface area contributed by atoms with Crippen molar-refractivity contribution in [2.24, 2.45) is 0 Å². The van der Waals surface area contributed by atoms with Crippen LogP contribution in [0.4, 0.5) is 10.1 Å². The van der Waals surface area contributed by atoms with Crippen LogP contribution < -0.4 is 10.2 Å². The Hall–Kier alpha value is -2.69. The quantitative estimate of drug-likeness (QED) is 0.851. The molecule has 0 spiro atoms. The van der Waals surface area contributed by atoms with Crippen LogP contribution in [0.15, 0.2) is 48.5 Å². The number of halogens is 1. The number of fused-ring (bicyclic) bond motifs is 1. The highest BCUT2D eigenvalue weighted by Gasteiger charge is 2.31. The summed E-state index contributed by atoms with van der Waals surface area (Å²) in [5, 5.41) is 2.76. The van der Waals surface area contributed by atoms with Crippen LogP contribution in [0.3, 0.4) is 0 Å². The minimum absolute atomic E-state index is 0.0666. The second-order valence-corrected chi connectivity index (χ2v) is 6.35. The smallest absolute Gasteiger partial charge is 0.236 e. The molecule has 2 aromatic carbocycles. The molecule has 1 aliphatic heterocycles. The number of rotatable bonds is 5. The first-order chi connectivity index (χ1) is 12.0. The summed E-state index contributed by atoms with van der Waals surface area (Å²) >= 11 is 0. The van der Waals surface area contributed by atoms with Crippen molar-refractivity contribution in [3.63, 3.8) is 0 Å². The maximum Gasteiger partial charge on any atom is 0.236 e. The highest BCUT2D eigenvalue weighted by molar-refractivity contribution is 6.06. The monoisotopic (exact) mass is 340 g/mol. The van der Waals surface area contributed by atoms with Crippen molar-refractivity contribution in [1.29, 1.82) is 0 Å². The molecular weight excluding hydrogens is 319 g/mol. The average molecular weight is 340 g/mol. The number of carbonyl (C=O) groups is 2. The number of nitrogens with one attached hydrogen (secondary N) is 1. The third kappa shape index (κ3) is 4.05. The van der Waals surface area contributed by atoms with Gasteiger partial charge < -0.3 is 10.2 Å². The molecule has 1 N–H and O–H groups in total. The Morgan fingerprint density at radius 3 is 2.64 bits per heavy atom. The van der Waals surface area contributed by atoms with Gasteiger partial charge in [-0.3, -0.25) is 9.59 Å². The zero-order valence-corrected chi connectivity index (χ0v) is 14.2. The van der Waals surface area contributed by atoms with Crippen LogP contribution in [-0.4, -0.2) is 24.4 Å². The highest BCUT2D eigenvalue weighted by atomic mass is 19.1. The topological polar surface area (TPSA) is 49.4 Å². The minimum Gasteiger partial charge on any atom is -0.355 e. The molecule has 3 rings (SSSR count). The second-order valence-electron chi connectivity index (χ2n) is 6.35. The number of anilines is 1. The van der Waals surface area contributed by atoms with E-state index in [1.165, 1.54) is 12.1 Å². The fourth-order valence-electron chi connectivity index (χ4n) is 3.23. The molecule has 2 amide bonds. The molecule has 2 aromatic rings. The Balaban J connectivity index is 1.51. The molecule has 5 heteroatoms. The summed E-state index contributed by atoms with van der Waals surface area (Å²) in [6.07, 6.45) is 1.25. The number of nitrogens with zero attached hydrogens (tertiary/aromatic N) is 1. The number of hydrogen-bond donors (Lipinski definition) is 1. The van der Waals surface area contributed by atoms with Gasteiger partial charge in [0.25, 0.3) is 0 Å². The largest absolute Gasteiger partial charge is 0.355 e. The summed E-state index contributed by atoms with van der Waals surface area (Å²) in [7, 11) is 0. The van der Waals surface area contributed by atoms with Gasteiger partial charge >= 0.3 is 0 Å². The van der Waals surface area contributed by atoms with Gasteiger partial charge in [0.1, 0.15) is 12.2 Å². The summed E-state index contributed by atoms with van der Waals surface area (Å²) in [6, 6.07) is 14.0. The summed E-state index contributed by atoms with van der Waals surface area (Å²) in [5.74, 6) is -0.751. The number of benzene rings is 2. The van der Waals surface area contributed by atoms with Crippen LogP contribution >= 0.6 is 0 Å². The van der Waals surface area contributed by atoms with Crippen molar-refractivity contribution in [2.75, 3.05) is 11.4 Å². The number of para-hydroxylation sites is 1. The van der Waals surface area contributed by atoms with E-state index in [1.807, 2.05) is 31.2 Å². The molecule has 0 aromatic heterocycles. The first kappa shape index (κ1) is 17.1. The third-order valence-electron chi connectivity index (χ3n) is 4.44. The van der Waals surface area contributed by atoms with Gasteiger partial charge in [0.2, 0.25) is 11.8 Å². The SMILES string of the molecule is CC1Cc2ccccc2N1C(=O)CC(=O)NCCc1ccc(F)cc1. The van der Waals surface area contributed by atoms with Gasteiger partial charge in [-0.2, -0.15) is 0 Å². The van der Waals surface area contributed by atoms with Gasteiger partial charge in [-0.05, 0) is 49.1 Å². The summed E-state index contributed by atoms with van der Waals surface area (Å²) in [6.45, 7) is 2.41. The third-order valence-corrected chi connectivity index (χ3v) is 4.44. The lowest BCUT2D eigenvalue weighted by Gasteiger charge is -2.22. The van der Waals surface area contributed by atoms with Crippen LogP contribution in [0.25, 0.3) is 0 Å². The number of amides is 2. The van der Waals surface area contributed by atoms with Gasteiger partial charge in [0.15, 0.2) is 0 Å². The average Bonchev–Trinajstić information content (AvgIpc) is 2.92. The van der Waals surface area contributed by atoms with E-state index >= 15 is 0 Å². The van der Waals surface area contributed by atoms with Crippen molar-refractivity contribution >= 4 is 17.5 Å². The Kier molecular flexibility index (Phi) is 5.12. The Labute approximate surface area is 146 Å². The van der Waals surface area contributed by atoms with Crippen LogP contribution in [0, 0.1) is 5.82 Å². The van der Waals surface area contributed by atoms with Crippen LogP contribution in [0.2, 0.25) is 0 Å². The Morgan fingerprint density at radius 1 is 1.16 bits per heavy atom. The van der Waals surface area contributed by atoms with Gasteiger partial charge in [0, 0.05) is 18.3 Å². The van der Waals surface area contributed by atoms with E-state index in [0.29, 0.717) is 13.0 Å². The van der Waals surface area contributed by atoms with E-state index in [0.717, 1.165) is 23.2 Å². The summed E-state index contributed by atoms with van der Waals surface area (Å²) in [4.78, 5) is 26.3. The van der Waals surface area contributed by atoms with E-state index in [4.69, 9.17) is 0 Å². The van der Waals surface area contributed by atoms with Crippen molar-refractivity contribution in [3.05, 3.63) is 65.5 Å². The van der Waals surface area contributed by atoms with Crippen LogP contribution in [-0.2, 0) is 22.4 Å². The normalized spacial score (nSPS) is 15.8. The molecular formula is C20H21FN2O2. The first-order valence-corrected chi connectivity index (χ1v) is 8.45. The Bertz CT molecular complexity index is 774. The van der Waals surface area contributed by atoms with Crippen molar-refractivity contribution in [1.82, 2.24) is 5.32 Å². The van der Waals surface area contributed by atoms with Crippen LogP contribution in [0.1, 0.15) is 24.5 Å². The summed E-state index contributed by atoms with van der Waals surface area (Å²) < 4.78 is 12.9. The molecule has 1 aliphatic rings. The van der Waals surface area contributed by atoms with Crippen molar-refractivity contribution in [3.8, 4) is 0 Å². The maximum absolute atomic E-state index is 12.9.